The fourth-order valence-corrected chi connectivity index (χ4v) is 3.21. The summed E-state index contributed by atoms with van der Waals surface area (Å²) in [6.07, 6.45) is 6.42. The molecular weight excluding hydrogens is 134 g/mol. The van der Waals surface area contributed by atoms with Crippen LogP contribution in [0.15, 0.2) is 0 Å². The minimum atomic E-state index is 0.0604. The highest BCUT2D eigenvalue weighted by Crippen LogP contribution is 2.69. The van der Waals surface area contributed by atoms with Crippen molar-refractivity contribution in [3.05, 3.63) is 0 Å². The maximum atomic E-state index is 7.86. The molecule has 1 heterocycles. The Bertz CT molecular complexity index is 188. The minimum Gasteiger partial charge on any atom is -0.317 e. The van der Waals surface area contributed by atoms with Crippen LogP contribution in [0.2, 0.25) is 0 Å². The van der Waals surface area contributed by atoms with Gasteiger partial charge in [-0.3, -0.25) is 0 Å². The van der Waals surface area contributed by atoms with Gasteiger partial charge in [0.25, 0.3) is 0 Å². The van der Waals surface area contributed by atoms with Gasteiger partial charge < -0.3 is 5.32 Å². The lowest BCUT2D eigenvalue weighted by Gasteiger charge is -2.66. The van der Waals surface area contributed by atoms with Crippen LogP contribution in [0.1, 0.15) is 33.5 Å². The predicted octanol–water partition coefficient (Wildman–Crippen LogP) is 1.79. The summed E-state index contributed by atoms with van der Waals surface area (Å²) in [4.78, 5) is 0. The lowest BCUT2D eigenvalue weighted by molar-refractivity contribution is -0.157. The van der Waals surface area contributed by atoms with Crippen LogP contribution in [0, 0.1) is 17.2 Å². The topological polar surface area (TPSA) is 12.0 Å². The SMILES string of the molecule is [2H]C12CC(C3CCNCC3)(C1)C2. The fourth-order valence-electron chi connectivity index (χ4n) is 3.21. The summed E-state index contributed by atoms with van der Waals surface area (Å²) in [5.41, 5.74) is 0.670. The van der Waals surface area contributed by atoms with Gasteiger partial charge in [-0.05, 0) is 62.4 Å². The Morgan fingerprint density at radius 3 is 2.36 bits per heavy atom. The Labute approximate surface area is 70.0 Å². The second kappa shape index (κ2) is 2.01. The van der Waals surface area contributed by atoms with E-state index in [4.69, 9.17) is 1.37 Å². The molecule has 0 aromatic heterocycles. The van der Waals surface area contributed by atoms with Crippen molar-refractivity contribution >= 4 is 0 Å². The van der Waals surface area contributed by atoms with E-state index >= 15 is 0 Å². The van der Waals surface area contributed by atoms with Gasteiger partial charge >= 0.3 is 0 Å². The molecule has 4 aliphatic rings. The van der Waals surface area contributed by atoms with Gasteiger partial charge in [-0.1, -0.05) is 0 Å². The molecule has 0 aromatic carbocycles. The monoisotopic (exact) mass is 152 g/mol. The first-order valence-electron chi connectivity index (χ1n) is 5.43. The highest BCUT2D eigenvalue weighted by molar-refractivity contribution is 5.10. The summed E-state index contributed by atoms with van der Waals surface area (Å²) >= 11 is 0. The molecule has 1 saturated heterocycles. The van der Waals surface area contributed by atoms with Gasteiger partial charge in [0.05, 0.1) is 0 Å². The molecule has 0 spiro atoms. The molecule has 1 nitrogen and oxygen atoms in total. The number of rotatable bonds is 1. The first kappa shape index (κ1) is 5.58. The highest BCUT2D eigenvalue weighted by Gasteiger charge is 2.59. The maximum Gasteiger partial charge on any atom is 0.0303 e. The number of hydrogen-bond acceptors (Lipinski definition) is 1. The van der Waals surface area contributed by atoms with Gasteiger partial charge in [0.2, 0.25) is 0 Å². The molecule has 4 fully saturated rings. The summed E-state index contributed by atoms with van der Waals surface area (Å²) < 4.78 is 7.86. The van der Waals surface area contributed by atoms with E-state index in [0.29, 0.717) is 5.41 Å². The first-order valence-corrected chi connectivity index (χ1v) is 4.93. The summed E-state index contributed by atoms with van der Waals surface area (Å²) in [6, 6.07) is 0. The molecule has 0 radical (unpaired) electrons. The molecule has 0 unspecified atom stereocenters. The first-order chi connectivity index (χ1) is 5.73. The van der Waals surface area contributed by atoms with Crippen LogP contribution in [-0.2, 0) is 0 Å². The van der Waals surface area contributed by atoms with Crippen LogP contribution < -0.4 is 5.32 Å². The zero-order valence-corrected chi connectivity index (χ0v) is 7.03. The molecule has 2 bridgehead atoms. The highest BCUT2D eigenvalue weighted by atomic mass is 14.9. The molecule has 0 atom stereocenters. The Morgan fingerprint density at radius 2 is 1.82 bits per heavy atom. The quantitative estimate of drug-likeness (QED) is 0.604. The van der Waals surface area contributed by atoms with Crippen LogP contribution in [0.25, 0.3) is 0 Å². The van der Waals surface area contributed by atoms with Crippen molar-refractivity contribution in [2.24, 2.45) is 17.2 Å². The largest absolute Gasteiger partial charge is 0.317 e. The summed E-state index contributed by atoms with van der Waals surface area (Å²) in [5, 5.41) is 3.41. The van der Waals surface area contributed by atoms with Crippen molar-refractivity contribution in [1.82, 2.24) is 5.32 Å². The average molecular weight is 152 g/mol. The zero-order valence-electron chi connectivity index (χ0n) is 8.03. The Kier molecular flexibility index (Phi) is 1.02. The molecule has 0 aromatic rings. The Balaban J connectivity index is 1.67. The molecule has 1 heteroatoms. The number of nitrogens with one attached hydrogen (secondary N) is 1. The van der Waals surface area contributed by atoms with Crippen LogP contribution in [0.3, 0.4) is 0 Å². The molecule has 0 amide bonds. The minimum absolute atomic E-state index is 0.0604. The molecule has 3 saturated carbocycles. The lowest BCUT2D eigenvalue weighted by atomic mass is 9.39. The molecule has 11 heavy (non-hydrogen) atoms. The van der Waals surface area contributed by atoms with Crippen molar-refractivity contribution < 1.29 is 1.37 Å². The van der Waals surface area contributed by atoms with Crippen molar-refractivity contribution in [1.29, 1.82) is 0 Å². The third-order valence-corrected chi connectivity index (χ3v) is 4.01. The van der Waals surface area contributed by atoms with E-state index in [0.717, 1.165) is 5.92 Å². The zero-order chi connectivity index (χ0) is 8.23. The van der Waals surface area contributed by atoms with E-state index < -0.39 is 0 Å². The average Bonchev–Trinajstić information content (AvgIpc) is 1.99. The summed E-state index contributed by atoms with van der Waals surface area (Å²) in [6.45, 7) is 2.44. The summed E-state index contributed by atoms with van der Waals surface area (Å²) in [7, 11) is 0. The van der Waals surface area contributed by atoms with E-state index in [2.05, 4.69) is 5.32 Å². The number of piperidine rings is 1. The molecule has 3 aliphatic carbocycles. The van der Waals surface area contributed by atoms with Crippen molar-refractivity contribution in [3.63, 3.8) is 0 Å². The van der Waals surface area contributed by atoms with Crippen LogP contribution in [0.5, 0.6) is 0 Å². The Hall–Kier alpha value is -0.0400. The van der Waals surface area contributed by atoms with Crippen molar-refractivity contribution in [3.8, 4) is 0 Å². The van der Waals surface area contributed by atoms with Gasteiger partial charge in [0.15, 0.2) is 0 Å². The van der Waals surface area contributed by atoms with Gasteiger partial charge in [0.1, 0.15) is 0 Å². The van der Waals surface area contributed by atoms with Crippen molar-refractivity contribution in [2.45, 2.75) is 32.1 Å². The maximum absolute atomic E-state index is 7.86. The van der Waals surface area contributed by atoms with E-state index in [-0.39, 0.29) is 5.89 Å². The second-order valence-corrected chi connectivity index (χ2v) is 4.67. The third kappa shape index (κ3) is 0.752. The van der Waals surface area contributed by atoms with Gasteiger partial charge in [-0.15, -0.1) is 0 Å². The van der Waals surface area contributed by atoms with E-state index in [9.17, 15) is 0 Å². The van der Waals surface area contributed by atoms with Crippen LogP contribution >= 0.6 is 0 Å². The molecule has 1 N–H and O–H groups in total. The van der Waals surface area contributed by atoms with Crippen LogP contribution in [-0.4, -0.2) is 13.1 Å². The molecule has 4 rings (SSSR count). The van der Waals surface area contributed by atoms with Gasteiger partial charge in [-0.2, -0.15) is 0 Å². The van der Waals surface area contributed by atoms with E-state index in [1.165, 1.54) is 45.2 Å². The Morgan fingerprint density at radius 1 is 1.18 bits per heavy atom. The summed E-state index contributed by atoms with van der Waals surface area (Å²) in [5.74, 6) is 1.02. The predicted molar refractivity (Wildman–Crippen MR) is 45.4 cm³/mol. The third-order valence-electron chi connectivity index (χ3n) is 4.01. The molecule has 62 valence electrons. The smallest absolute Gasteiger partial charge is 0.0303 e. The van der Waals surface area contributed by atoms with E-state index in [1.54, 1.807) is 0 Å². The lowest BCUT2D eigenvalue weighted by Crippen LogP contribution is -2.57. The van der Waals surface area contributed by atoms with E-state index in [1.807, 2.05) is 0 Å². The van der Waals surface area contributed by atoms with Crippen molar-refractivity contribution in [2.75, 3.05) is 13.1 Å². The van der Waals surface area contributed by atoms with Crippen LogP contribution in [0.4, 0.5) is 0 Å². The standard InChI is InChI=1S/C10H17N/c1-3-11-4-2-9(1)10-5-8(6-10)7-10/h8-9,11H,1-7H2/i8D. The fraction of sp³-hybridized carbons (Fsp3) is 1.00. The van der Waals surface area contributed by atoms with Gasteiger partial charge in [-0.25, -0.2) is 0 Å². The number of hydrogen-bond donors (Lipinski definition) is 1. The normalized spacial score (nSPS) is 57.6. The molecule has 1 aliphatic heterocycles. The molecular formula is C10H17N. The van der Waals surface area contributed by atoms with Gasteiger partial charge in [0, 0.05) is 1.37 Å². The second-order valence-electron chi connectivity index (χ2n) is 4.67.